The molecular weight excluding hydrogens is 217 g/mol. The maximum Gasteiger partial charge on any atom is 0.0565 e. The van der Waals surface area contributed by atoms with Crippen molar-refractivity contribution in [2.24, 2.45) is 0 Å². The summed E-state index contributed by atoms with van der Waals surface area (Å²) in [4.78, 5) is 0. The third-order valence-electron chi connectivity index (χ3n) is 0.664. The third kappa shape index (κ3) is 6.49. The highest BCUT2D eigenvalue weighted by Crippen LogP contribution is 1.91. The van der Waals surface area contributed by atoms with Gasteiger partial charge >= 0.3 is 0 Å². The fourth-order valence-corrected chi connectivity index (χ4v) is 0.871. The van der Waals surface area contributed by atoms with Crippen LogP contribution in [-0.4, -0.2) is 17.6 Å². The minimum absolute atomic E-state index is 0.285. The van der Waals surface area contributed by atoms with Crippen molar-refractivity contribution in [3.63, 3.8) is 0 Å². The quantitative estimate of drug-likeness (QED) is 0.437. The lowest BCUT2D eigenvalue weighted by atomic mass is 10.5. The Kier molecular flexibility index (Phi) is 7.95. The van der Waals surface area contributed by atoms with Crippen LogP contribution in [0.25, 0.3) is 0 Å². The van der Waals surface area contributed by atoms with Crippen LogP contribution in [0.2, 0.25) is 0 Å². The van der Waals surface area contributed by atoms with Crippen molar-refractivity contribution in [2.45, 2.75) is 13.3 Å². The van der Waals surface area contributed by atoms with E-state index in [1.807, 2.05) is 0 Å². The van der Waals surface area contributed by atoms with E-state index < -0.39 is 0 Å². The predicted molar refractivity (Wildman–Crippen MR) is 42.7 cm³/mol. The van der Waals surface area contributed by atoms with E-state index in [-0.39, 0.29) is 21.0 Å². The van der Waals surface area contributed by atoms with Gasteiger partial charge in [-0.15, -0.1) is 0 Å². The Hall–Kier alpha value is 0.490. The van der Waals surface area contributed by atoms with Crippen LogP contribution < -0.4 is 0 Å². The number of rotatable bonds is 5. The van der Waals surface area contributed by atoms with Gasteiger partial charge in [-0.1, -0.05) is 6.92 Å². The summed E-state index contributed by atoms with van der Waals surface area (Å²) in [5, 5.41) is 0. The summed E-state index contributed by atoms with van der Waals surface area (Å²) in [6.07, 6.45) is 1.09. The first kappa shape index (κ1) is 8.49. The highest BCUT2D eigenvalue weighted by atomic mass is 127. The van der Waals surface area contributed by atoms with Crippen molar-refractivity contribution in [3.8, 4) is 0 Å². The molecule has 0 bridgehead atoms. The van der Waals surface area contributed by atoms with Crippen LogP contribution in [-0.2, 0) is 4.74 Å². The molecule has 0 aromatic rings. The molecule has 2 nitrogen and oxygen atoms in total. The molecule has 0 amide bonds. The average molecular weight is 229 g/mol. The van der Waals surface area contributed by atoms with Gasteiger partial charge in [0.1, 0.15) is 0 Å². The van der Waals surface area contributed by atoms with Gasteiger partial charge in [0.2, 0.25) is 0 Å². The van der Waals surface area contributed by atoms with Gasteiger partial charge in [0, 0.05) is 11.0 Å². The summed E-state index contributed by atoms with van der Waals surface area (Å²) in [6.45, 7) is 3.77. The van der Waals surface area contributed by atoms with E-state index in [4.69, 9.17) is 8.30 Å². The molecule has 1 N–H and O–H groups in total. The fourth-order valence-electron chi connectivity index (χ4n) is 0.340. The minimum Gasteiger partial charge on any atom is -0.381 e. The zero-order chi connectivity index (χ0) is 6.24. The highest BCUT2D eigenvalue weighted by Gasteiger charge is 1.80. The van der Waals surface area contributed by atoms with Gasteiger partial charge in [0.05, 0.1) is 6.61 Å². The molecule has 0 unspecified atom stereocenters. The molecule has 0 rings (SSSR count). The molecule has 0 saturated carbocycles. The molecule has 0 atom stereocenters. The number of hydrogen-bond acceptors (Lipinski definition) is 2. The summed E-state index contributed by atoms with van der Waals surface area (Å²) in [5.74, 6) is 0. The molecule has 0 aliphatic carbocycles. The zero-order valence-corrected chi connectivity index (χ0v) is 7.27. The number of ether oxygens (including phenoxy) is 1. The average Bonchev–Trinajstić information content (AvgIpc) is 1.81. The molecule has 0 radical (unpaired) electrons. The topological polar surface area (TPSA) is 33.1 Å². The van der Waals surface area contributed by atoms with E-state index in [1.54, 1.807) is 0 Å². The molecule has 0 aliphatic rings. The van der Waals surface area contributed by atoms with Gasteiger partial charge in [-0.2, -0.15) is 0 Å². The van der Waals surface area contributed by atoms with Crippen LogP contribution in [0.4, 0.5) is 0 Å². The Morgan fingerprint density at radius 2 is 2.25 bits per heavy atom. The lowest BCUT2D eigenvalue weighted by Gasteiger charge is -1.95. The lowest BCUT2D eigenvalue weighted by molar-refractivity contribution is 0.152. The zero-order valence-electron chi connectivity index (χ0n) is 5.11. The largest absolute Gasteiger partial charge is 0.381 e. The standard InChI is InChI=1S/C5H12INO/c1-2-4-8-5-3-6-7/h7H,2-5H2,1H3. The van der Waals surface area contributed by atoms with Crippen LogP contribution in [0.15, 0.2) is 0 Å². The van der Waals surface area contributed by atoms with Gasteiger partial charge < -0.3 is 4.74 Å². The number of halogens is 1. The summed E-state index contributed by atoms with van der Waals surface area (Å²) in [7, 11) is 0. The fraction of sp³-hybridized carbons (Fsp3) is 1.00. The van der Waals surface area contributed by atoms with Gasteiger partial charge in [0.15, 0.2) is 0 Å². The third-order valence-corrected chi connectivity index (χ3v) is 1.64. The van der Waals surface area contributed by atoms with Gasteiger partial charge in [-0.05, 0) is 27.5 Å². The molecule has 3 heteroatoms. The summed E-state index contributed by atoms with van der Waals surface area (Å²) < 4.78 is 13.0. The van der Waals surface area contributed by atoms with Crippen molar-refractivity contribution in [1.29, 1.82) is 3.56 Å². The first-order chi connectivity index (χ1) is 3.91. The second-order valence-electron chi connectivity index (χ2n) is 1.43. The van der Waals surface area contributed by atoms with Crippen LogP contribution in [0.1, 0.15) is 13.3 Å². The Morgan fingerprint density at radius 1 is 1.50 bits per heavy atom. The van der Waals surface area contributed by atoms with Crippen LogP contribution >= 0.6 is 21.0 Å². The SMILES string of the molecule is CCCOCCI=N. The van der Waals surface area contributed by atoms with E-state index in [0.29, 0.717) is 0 Å². The second-order valence-corrected chi connectivity index (χ2v) is 3.28. The molecule has 0 aromatic carbocycles. The Labute approximate surface area is 60.6 Å². The van der Waals surface area contributed by atoms with Gasteiger partial charge in [-0.25, -0.2) is 0 Å². The minimum atomic E-state index is -0.285. The first-order valence-corrected chi connectivity index (χ1v) is 5.35. The number of hydrogen-bond donors (Lipinski definition) is 1. The van der Waals surface area contributed by atoms with E-state index in [2.05, 4.69) is 6.92 Å². The first-order valence-electron chi connectivity index (χ1n) is 2.74. The van der Waals surface area contributed by atoms with Gasteiger partial charge in [0.25, 0.3) is 0 Å². The molecule has 0 aromatic heterocycles. The second kappa shape index (κ2) is 7.49. The molecule has 0 saturated heterocycles. The van der Waals surface area contributed by atoms with Crippen LogP contribution in [0.3, 0.4) is 0 Å². The van der Waals surface area contributed by atoms with Crippen molar-refractivity contribution in [3.05, 3.63) is 0 Å². The maximum absolute atomic E-state index is 6.87. The highest BCUT2D eigenvalue weighted by molar-refractivity contribution is 14.1. The molecule has 0 heterocycles. The maximum atomic E-state index is 6.87. The van der Waals surface area contributed by atoms with Crippen LogP contribution in [0.5, 0.6) is 0 Å². The van der Waals surface area contributed by atoms with E-state index in [1.165, 1.54) is 0 Å². The van der Waals surface area contributed by atoms with Crippen molar-refractivity contribution < 1.29 is 4.74 Å². The van der Waals surface area contributed by atoms with Crippen molar-refractivity contribution in [2.75, 3.05) is 17.6 Å². The Morgan fingerprint density at radius 3 is 2.75 bits per heavy atom. The molecule has 8 heavy (non-hydrogen) atoms. The monoisotopic (exact) mass is 229 g/mol. The Balaban J connectivity index is 2.62. The molecule has 0 spiro atoms. The predicted octanol–water partition coefficient (Wildman–Crippen LogP) is 2.15. The number of nitrogens with one attached hydrogen (secondary N) is 1. The van der Waals surface area contributed by atoms with Gasteiger partial charge in [-0.3, -0.25) is 3.56 Å². The molecule has 0 aliphatic heterocycles. The molecule has 0 fully saturated rings. The number of alkyl halides is 1. The van der Waals surface area contributed by atoms with Crippen LogP contribution in [0, 0.1) is 3.56 Å². The normalized spacial score (nSPS) is 9.62. The van der Waals surface area contributed by atoms with Crippen molar-refractivity contribution in [1.82, 2.24) is 0 Å². The van der Waals surface area contributed by atoms with E-state index in [9.17, 15) is 0 Å². The van der Waals surface area contributed by atoms with E-state index >= 15 is 0 Å². The van der Waals surface area contributed by atoms with Crippen molar-refractivity contribution >= 4 is 21.0 Å². The molecule has 50 valence electrons. The summed E-state index contributed by atoms with van der Waals surface area (Å²) >= 11 is -0.285. The summed E-state index contributed by atoms with van der Waals surface area (Å²) in [5.41, 5.74) is 0. The van der Waals surface area contributed by atoms with E-state index in [0.717, 1.165) is 24.1 Å². The molecular formula is C5H12INO. The smallest absolute Gasteiger partial charge is 0.0565 e. The summed E-state index contributed by atoms with van der Waals surface area (Å²) in [6, 6.07) is 0. The Bertz CT molecular complexity index is 58.4. The lowest BCUT2D eigenvalue weighted by Crippen LogP contribution is -1.95.